The summed E-state index contributed by atoms with van der Waals surface area (Å²) in [4.78, 5) is 0. The first-order valence-corrected chi connectivity index (χ1v) is 8.36. The van der Waals surface area contributed by atoms with Crippen LogP contribution in [-0.4, -0.2) is 33.5 Å². The number of benzene rings is 2. The number of rotatable bonds is 11. The highest BCUT2D eigenvalue weighted by atomic mass is 16.5. The maximum Gasteiger partial charge on any atom is 0.119 e. The van der Waals surface area contributed by atoms with E-state index in [2.05, 4.69) is 36.5 Å². The van der Waals surface area contributed by atoms with Crippen LogP contribution in [0.5, 0.6) is 5.75 Å². The van der Waals surface area contributed by atoms with Gasteiger partial charge in [0.05, 0.1) is 19.8 Å². The molecule has 0 saturated heterocycles. The van der Waals surface area contributed by atoms with E-state index in [4.69, 9.17) is 14.2 Å². The summed E-state index contributed by atoms with van der Waals surface area (Å²) < 4.78 is 16.2. The van der Waals surface area contributed by atoms with Gasteiger partial charge in [-0.1, -0.05) is 42.5 Å². The van der Waals surface area contributed by atoms with Gasteiger partial charge in [-0.3, -0.25) is 0 Å². The summed E-state index contributed by atoms with van der Waals surface area (Å²) in [7, 11) is 1.68. The van der Waals surface area contributed by atoms with E-state index in [1.165, 1.54) is 11.1 Å². The zero-order valence-electron chi connectivity index (χ0n) is 14.5. The third-order valence-electron chi connectivity index (χ3n) is 3.76. The summed E-state index contributed by atoms with van der Waals surface area (Å²) in [5.41, 5.74) is 2.41. The molecule has 130 valence electrons. The van der Waals surface area contributed by atoms with Crippen LogP contribution in [0.15, 0.2) is 54.6 Å². The van der Waals surface area contributed by atoms with Crippen molar-refractivity contribution < 1.29 is 14.2 Å². The van der Waals surface area contributed by atoms with Gasteiger partial charge in [-0.2, -0.15) is 0 Å². The first kappa shape index (κ1) is 18.5. The minimum atomic E-state index is 0.277. The molecule has 24 heavy (non-hydrogen) atoms. The van der Waals surface area contributed by atoms with Crippen molar-refractivity contribution in [3.8, 4) is 5.75 Å². The number of hydrogen-bond acceptors (Lipinski definition) is 4. The van der Waals surface area contributed by atoms with Crippen molar-refractivity contribution in [2.45, 2.75) is 19.6 Å². The largest absolute Gasteiger partial charge is 0.489 e. The van der Waals surface area contributed by atoms with Gasteiger partial charge >= 0.3 is 0 Å². The first-order valence-electron chi connectivity index (χ1n) is 8.36. The van der Waals surface area contributed by atoms with E-state index in [0.29, 0.717) is 26.4 Å². The molecular weight excluding hydrogens is 302 g/mol. The quantitative estimate of drug-likeness (QED) is 0.640. The lowest BCUT2D eigenvalue weighted by atomic mass is 10.1. The first-order chi connectivity index (χ1) is 11.8. The van der Waals surface area contributed by atoms with Gasteiger partial charge in [0, 0.05) is 19.7 Å². The summed E-state index contributed by atoms with van der Waals surface area (Å²) in [5, 5.41) is 3.45. The second-order valence-electron chi connectivity index (χ2n) is 5.62. The van der Waals surface area contributed by atoms with Crippen molar-refractivity contribution in [1.29, 1.82) is 0 Å². The Morgan fingerprint density at radius 3 is 2.38 bits per heavy atom. The highest BCUT2D eigenvalue weighted by Crippen LogP contribution is 2.18. The topological polar surface area (TPSA) is 39.7 Å². The zero-order chi connectivity index (χ0) is 17.0. The summed E-state index contributed by atoms with van der Waals surface area (Å²) >= 11 is 0. The fourth-order valence-corrected chi connectivity index (χ4v) is 2.30. The molecule has 0 aromatic heterocycles. The van der Waals surface area contributed by atoms with Crippen molar-refractivity contribution in [2.24, 2.45) is 0 Å². The minimum absolute atomic E-state index is 0.277. The van der Waals surface area contributed by atoms with Gasteiger partial charge in [0.25, 0.3) is 0 Å². The predicted molar refractivity (Wildman–Crippen MR) is 96.3 cm³/mol. The molecule has 0 aliphatic carbocycles. The van der Waals surface area contributed by atoms with E-state index >= 15 is 0 Å². The molecule has 0 radical (unpaired) electrons. The smallest absolute Gasteiger partial charge is 0.119 e. The maximum absolute atomic E-state index is 5.81. The van der Waals surface area contributed by atoms with E-state index < -0.39 is 0 Å². The van der Waals surface area contributed by atoms with Crippen molar-refractivity contribution in [3.63, 3.8) is 0 Å². The average molecular weight is 329 g/mol. The third-order valence-corrected chi connectivity index (χ3v) is 3.76. The maximum atomic E-state index is 5.81. The molecule has 1 unspecified atom stereocenters. The molecule has 0 spiro atoms. The predicted octanol–water partition coefficient (Wildman–Crippen LogP) is 3.58. The molecule has 4 heteroatoms. The van der Waals surface area contributed by atoms with E-state index in [0.717, 1.165) is 12.3 Å². The van der Waals surface area contributed by atoms with Crippen LogP contribution in [0.3, 0.4) is 0 Å². The van der Waals surface area contributed by atoms with Gasteiger partial charge in [0.2, 0.25) is 0 Å². The van der Waals surface area contributed by atoms with Crippen LogP contribution in [0.4, 0.5) is 0 Å². The highest BCUT2D eigenvalue weighted by Gasteiger charge is 2.05. The summed E-state index contributed by atoms with van der Waals surface area (Å²) in [6.07, 6.45) is 0. The molecule has 0 amide bonds. The van der Waals surface area contributed by atoms with Gasteiger partial charge in [-0.05, 0) is 30.2 Å². The van der Waals surface area contributed by atoms with Crippen LogP contribution in [-0.2, 0) is 16.1 Å². The van der Waals surface area contributed by atoms with Gasteiger partial charge in [-0.15, -0.1) is 0 Å². The molecule has 0 aliphatic rings. The van der Waals surface area contributed by atoms with Gasteiger partial charge in [0.1, 0.15) is 12.4 Å². The fraction of sp³-hybridized carbons (Fsp3) is 0.400. The lowest BCUT2D eigenvalue weighted by Gasteiger charge is -2.15. The van der Waals surface area contributed by atoms with Crippen LogP contribution in [0.25, 0.3) is 0 Å². The highest BCUT2D eigenvalue weighted by molar-refractivity contribution is 5.29. The SMILES string of the molecule is COCCOCCNC(C)c1ccc(OCc2ccccc2)cc1. The van der Waals surface area contributed by atoms with E-state index in [9.17, 15) is 0 Å². The molecule has 0 fully saturated rings. The van der Waals surface area contributed by atoms with Crippen LogP contribution < -0.4 is 10.1 Å². The Bertz CT molecular complexity index is 557. The standard InChI is InChI=1S/C20H27NO3/c1-17(21-12-13-23-15-14-22-2)19-8-10-20(11-9-19)24-16-18-6-4-3-5-7-18/h3-11,17,21H,12-16H2,1-2H3. The summed E-state index contributed by atoms with van der Waals surface area (Å²) in [6.45, 7) is 5.52. The van der Waals surface area contributed by atoms with Crippen molar-refractivity contribution >= 4 is 0 Å². The van der Waals surface area contributed by atoms with Crippen LogP contribution in [0, 0.1) is 0 Å². The normalized spacial score (nSPS) is 12.1. The van der Waals surface area contributed by atoms with E-state index in [1.807, 2.05) is 30.3 Å². The lowest BCUT2D eigenvalue weighted by molar-refractivity contribution is 0.0712. The number of hydrogen-bond donors (Lipinski definition) is 1. The van der Waals surface area contributed by atoms with E-state index in [-0.39, 0.29) is 6.04 Å². The van der Waals surface area contributed by atoms with E-state index in [1.54, 1.807) is 7.11 Å². The Kier molecular flexibility index (Phi) is 8.32. The summed E-state index contributed by atoms with van der Waals surface area (Å²) in [6, 6.07) is 18.7. The summed E-state index contributed by atoms with van der Waals surface area (Å²) in [5.74, 6) is 0.887. The molecule has 0 bridgehead atoms. The lowest BCUT2D eigenvalue weighted by Crippen LogP contribution is -2.23. The van der Waals surface area contributed by atoms with Crippen LogP contribution in [0.2, 0.25) is 0 Å². The average Bonchev–Trinajstić information content (AvgIpc) is 2.64. The Labute approximate surface area is 144 Å². The second-order valence-corrected chi connectivity index (χ2v) is 5.62. The van der Waals surface area contributed by atoms with Gasteiger partial charge < -0.3 is 19.5 Å². The Morgan fingerprint density at radius 2 is 1.67 bits per heavy atom. The fourth-order valence-electron chi connectivity index (χ4n) is 2.30. The van der Waals surface area contributed by atoms with Crippen LogP contribution in [0.1, 0.15) is 24.1 Å². The van der Waals surface area contributed by atoms with Crippen molar-refractivity contribution in [2.75, 3.05) is 33.5 Å². The molecule has 2 aromatic carbocycles. The molecule has 0 saturated carbocycles. The number of nitrogens with one attached hydrogen (secondary N) is 1. The molecular formula is C20H27NO3. The second kappa shape index (κ2) is 10.8. The van der Waals surface area contributed by atoms with Gasteiger partial charge in [-0.25, -0.2) is 0 Å². The molecule has 0 heterocycles. The Hall–Kier alpha value is -1.88. The molecule has 1 N–H and O–H groups in total. The molecule has 2 rings (SSSR count). The zero-order valence-corrected chi connectivity index (χ0v) is 14.5. The van der Waals surface area contributed by atoms with Crippen LogP contribution >= 0.6 is 0 Å². The van der Waals surface area contributed by atoms with Gasteiger partial charge in [0.15, 0.2) is 0 Å². The number of ether oxygens (including phenoxy) is 3. The third kappa shape index (κ3) is 6.71. The molecule has 1 atom stereocenters. The van der Waals surface area contributed by atoms with Crippen molar-refractivity contribution in [1.82, 2.24) is 5.32 Å². The molecule has 4 nitrogen and oxygen atoms in total. The molecule has 0 aliphatic heterocycles. The minimum Gasteiger partial charge on any atom is -0.489 e. The monoisotopic (exact) mass is 329 g/mol. The Morgan fingerprint density at radius 1 is 0.917 bits per heavy atom. The number of methoxy groups -OCH3 is 1. The van der Waals surface area contributed by atoms with Crippen molar-refractivity contribution in [3.05, 3.63) is 65.7 Å². The molecule has 2 aromatic rings. The Balaban J connectivity index is 1.70.